The predicted molar refractivity (Wildman–Crippen MR) is 84.5 cm³/mol. The number of likely N-dealkylation sites (tertiary alicyclic amines) is 1. The van der Waals surface area contributed by atoms with Crippen molar-refractivity contribution >= 4 is 39.4 Å². The van der Waals surface area contributed by atoms with Gasteiger partial charge in [0.05, 0.1) is 6.42 Å². The lowest BCUT2D eigenvalue weighted by atomic mass is 10.1. The quantitative estimate of drug-likeness (QED) is 0.858. The van der Waals surface area contributed by atoms with Crippen LogP contribution in [-0.4, -0.2) is 34.5 Å². The zero-order valence-corrected chi connectivity index (χ0v) is 13.9. The molecule has 1 aliphatic heterocycles. The fourth-order valence-corrected chi connectivity index (χ4v) is 3.34. The number of carboxylic acids is 1. The zero-order valence-electron chi connectivity index (χ0n) is 11.5. The van der Waals surface area contributed by atoms with Gasteiger partial charge in [-0.1, -0.05) is 27.5 Å². The minimum absolute atomic E-state index is 0.0191. The molecule has 1 amide bonds. The van der Waals surface area contributed by atoms with Gasteiger partial charge in [0, 0.05) is 28.5 Å². The largest absolute Gasteiger partial charge is 0.481 e. The predicted octanol–water partition coefficient (Wildman–Crippen LogP) is 3.50. The second kappa shape index (κ2) is 7.27. The number of carbonyl (C=O) groups is 2. The van der Waals surface area contributed by atoms with Crippen molar-refractivity contribution in [1.82, 2.24) is 4.90 Å². The summed E-state index contributed by atoms with van der Waals surface area (Å²) in [5, 5.41) is 9.53. The van der Waals surface area contributed by atoms with E-state index in [4.69, 9.17) is 16.7 Å². The van der Waals surface area contributed by atoms with Gasteiger partial charge >= 0.3 is 5.97 Å². The molecule has 21 heavy (non-hydrogen) atoms. The Morgan fingerprint density at radius 2 is 2.19 bits per heavy atom. The Labute approximate surface area is 137 Å². The maximum absolute atomic E-state index is 12.3. The molecule has 1 aromatic carbocycles. The summed E-state index contributed by atoms with van der Waals surface area (Å²) in [4.78, 5) is 24.8. The molecule has 1 saturated heterocycles. The van der Waals surface area contributed by atoms with Crippen molar-refractivity contribution < 1.29 is 14.7 Å². The average Bonchev–Trinajstić information content (AvgIpc) is 2.86. The molecule has 114 valence electrons. The molecule has 1 unspecified atom stereocenters. The lowest BCUT2D eigenvalue weighted by molar-refractivity contribution is -0.139. The third-order valence-corrected chi connectivity index (χ3v) is 4.73. The molecular formula is C15H17BrClNO3. The van der Waals surface area contributed by atoms with E-state index in [0.717, 1.165) is 22.9 Å². The molecule has 1 heterocycles. The highest BCUT2D eigenvalue weighted by molar-refractivity contribution is 9.10. The van der Waals surface area contributed by atoms with Gasteiger partial charge in [-0.25, -0.2) is 0 Å². The smallest absolute Gasteiger partial charge is 0.305 e. The van der Waals surface area contributed by atoms with E-state index in [0.29, 0.717) is 24.4 Å². The van der Waals surface area contributed by atoms with Crippen molar-refractivity contribution in [3.8, 4) is 0 Å². The van der Waals surface area contributed by atoms with E-state index in [9.17, 15) is 9.59 Å². The third-order valence-electron chi connectivity index (χ3n) is 3.72. The molecule has 0 spiro atoms. The maximum atomic E-state index is 12.3. The number of carboxylic acid groups (broad SMARTS) is 1. The Hall–Kier alpha value is -1.07. The highest BCUT2D eigenvalue weighted by Gasteiger charge is 2.29. The number of carbonyl (C=O) groups excluding carboxylic acids is 1. The molecule has 1 N–H and O–H groups in total. The average molecular weight is 375 g/mol. The van der Waals surface area contributed by atoms with Crippen molar-refractivity contribution in [2.24, 2.45) is 0 Å². The standard InChI is InChI=1S/C15H17BrClNO3/c16-13-5-4-11(17)8-10(13)3-6-14(19)18-7-1-2-12(18)9-15(20)21/h4-5,8,12H,1-3,6-7,9H2,(H,20,21). The van der Waals surface area contributed by atoms with E-state index in [1.807, 2.05) is 12.1 Å². The zero-order chi connectivity index (χ0) is 15.4. The van der Waals surface area contributed by atoms with Crippen LogP contribution in [-0.2, 0) is 16.0 Å². The summed E-state index contributed by atoms with van der Waals surface area (Å²) < 4.78 is 0.934. The molecule has 0 aromatic heterocycles. The first-order chi connectivity index (χ1) is 9.97. The fraction of sp³-hybridized carbons (Fsp3) is 0.467. The van der Waals surface area contributed by atoms with Crippen molar-refractivity contribution in [3.63, 3.8) is 0 Å². The number of benzene rings is 1. The Kier molecular flexibility index (Phi) is 5.65. The maximum Gasteiger partial charge on any atom is 0.305 e. The second-order valence-corrected chi connectivity index (χ2v) is 6.51. The minimum atomic E-state index is -0.850. The number of hydrogen-bond acceptors (Lipinski definition) is 2. The number of hydrogen-bond donors (Lipinski definition) is 1. The Morgan fingerprint density at radius 1 is 1.43 bits per heavy atom. The Balaban J connectivity index is 1.95. The van der Waals surface area contributed by atoms with Crippen molar-refractivity contribution in [2.75, 3.05) is 6.54 Å². The van der Waals surface area contributed by atoms with Crippen LogP contribution in [0.2, 0.25) is 5.02 Å². The van der Waals surface area contributed by atoms with Gasteiger partial charge in [-0.05, 0) is 43.0 Å². The van der Waals surface area contributed by atoms with Gasteiger partial charge in [-0.2, -0.15) is 0 Å². The van der Waals surface area contributed by atoms with Crippen molar-refractivity contribution in [2.45, 2.75) is 38.1 Å². The van der Waals surface area contributed by atoms with E-state index in [1.165, 1.54) is 0 Å². The number of halogens is 2. The van der Waals surface area contributed by atoms with Crippen LogP contribution in [0.25, 0.3) is 0 Å². The Bertz CT molecular complexity index is 550. The molecule has 0 aliphatic carbocycles. The molecule has 1 aliphatic rings. The van der Waals surface area contributed by atoms with Gasteiger partial charge in [0.1, 0.15) is 0 Å². The van der Waals surface area contributed by atoms with Gasteiger partial charge in [0.25, 0.3) is 0 Å². The summed E-state index contributed by atoms with van der Waals surface area (Å²) in [7, 11) is 0. The van der Waals surface area contributed by atoms with Crippen LogP contribution in [0, 0.1) is 0 Å². The molecule has 1 aromatic rings. The van der Waals surface area contributed by atoms with Crippen molar-refractivity contribution in [3.05, 3.63) is 33.3 Å². The van der Waals surface area contributed by atoms with Crippen LogP contribution in [0.3, 0.4) is 0 Å². The molecule has 0 radical (unpaired) electrons. The summed E-state index contributed by atoms with van der Waals surface area (Å²) >= 11 is 9.41. The van der Waals surface area contributed by atoms with E-state index in [-0.39, 0.29) is 18.4 Å². The lowest BCUT2D eigenvalue weighted by Crippen LogP contribution is -2.36. The summed E-state index contributed by atoms with van der Waals surface area (Å²) in [6.45, 7) is 0.660. The number of rotatable bonds is 5. The SMILES string of the molecule is O=C(O)CC1CCCN1C(=O)CCc1cc(Cl)ccc1Br. The molecule has 1 atom stereocenters. The topological polar surface area (TPSA) is 57.6 Å². The van der Waals surface area contributed by atoms with Crippen LogP contribution in [0.4, 0.5) is 0 Å². The Morgan fingerprint density at radius 3 is 2.90 bits per heavy atom. The molecule has 0 saturated carbocycles. The van der Waals surface area contributed by atoms with Crippen LogP contribution in [0.5, 0.6) is 0 Å². The van der Waals surface area contributed by atoms with Gasteiger partial charge < -0.3 is 10.0 Å². The van der Waals surface area contributed by atoms with Gasteiger partial charge in [0.15, 0.2) is 0 Å². The van der Waals surface area contributed by atoms with E-state index in [2.05, 4.69) is 15.9 Å². The van der Waals surface area contributed by atoms with Crippen LogP contribution < -0.4 is 0 Å². The summed E-state index contributed by atoms with van der Waals surface area (Å²) in [6.07, 6.45) is 2.65. The van der Waals surface area contributed by atoms with Crippen LogP contribution in [0.1, 0.15) is 31.2 Å². The molecular weight excluding hydrogens is 358 g/mol. The monoisotopic (exact) mass is 373 g/mol. The molecule has 2 rings (SSSR count). The number of aryl methyl sites for hydroxylation is 1. The molecule has 6 heteroatoms. The molecule has 4 nitrogen and oxygen atoms in total. The minimum Gasteiger partial charge on any atom is -0.481 e. The fourth-order valence-electron chi connectivity index (χ4n) is 2.70. The lowest BCUT2D eigenvalue weighted by Gasteiger charge is -2.23. The number of amides is 1. The van der Waals surface area contributed by atoms with Crippen molar-refractivity contribution in [1.29, 1.82) is 0 Å². The van der Waals surface area contributed by atoms with E-state index >= 15 is 0 Å². The van der Waals surface area contributed by atoms with E-state index < -0.39 is 5.97 Å². The normalized spacial score (nSPS) is 18.0. The third kappa shape index (κ3) is 4.45. The van der Waals surface area contributed by atoms with Crippen LogP contribution in [0.15, 0.2) is 22.7 Å². The van der Waals surface area contributed by atoms with E-state index in [1.54, 1.807) is 11.0 Å². The first kappa shape index (κ1) is 16.3. The first-order valence-corrected chi connectivity index (χ1v) is 8.09. The highest BCUT2D eigenvalue weighted by Crippen LogP contribution is 2.25. The van der Waals surface area contributed by atoms with Gasteiger partial charge in [-0.3, -0.25) is 9.59 Å². The highest BCUT2D eigenvalue weighted by atomic mass is 79.9. The second-order valence-electron chi connectivity index (χ2n) is 5.22. The summed E-state index contributed by atoms with van der Waals surface area (Å²) in [5.41, 5.74) is 0.991. The van der Waals surface area contributed by atoms with Gasteiger partial charge in [0.2, 0.25) is 5.91 Å². The van der Waals surface area contributed by atoms with Crippen LogP contribution >= 0.6 is 27.5 Å². The summed E-state index contributed by atoms with van der Waals surface area (Å²) in [5.74, 6) is -0.831. The first-order valence-electron chi connectivity index (χ1n) is 6.92. The number of aliphatic carboxylic acids is 1. The molecule has 1 fully saturated rings. The van der Waals surface area contributed by atoms with Gasteiger partial charge in [-0.15, -0.1) is 0 Å². The summed E-state index contributed by atoms with van der Waals surface area (Å²) in [6, 6.07) is 5.35. The number of nitrogens with zero attached hydrogens (tertiary/aromatic N) is 1. The molecule has 0 bridgehead atoms.